The standard InChI is InChI=1S/C17H27NO4S/c1-5-12-23(20,21)14(3)17(19)18-13(2)6-7-15-8-10-16(22-4)11-9-15/h8-11,13-14H,5-7,12H2,1-4H3,(H,18,19)/t13-,14-/m0/s1. The molecule has 0 aliphatic heterocycles. The van der Waals surface area contributed by atoms with Crippen molar-refractivity contribution >= 4 is 15.7 Å². The molecule has 0 bridgehead atoms. The first kappa shape index (κ1) is 19.5. The molecular formula is C17H27NO4S. The summed E-state index contributed by atoms with van der Waals surface area (Å²) in [6, 6.07) is 7.70. The number of nitrogens with one attached hydrogen (secondary N) is 1. The Hall–Kier alpha value is -1.56. The van der Waals surface area contributed by atoms with E-state index < -0.39 is 21.0 Å². The van der Waals surface area contributed by atoms with E-state index in [1.165, 1.54) is 6.92 Å². The van der Waals surface area contributed by atoms with Crippen molar-refractivity contribution in [3.8, 4) is 5.75 Å². The number of amides is 1. The van der Waals surface area contributed by atoms with Gasteiger partial charge in [-0.25, -0.2) is 8.42 Å². The van der Waals surface area contributed by atoms with Crippen molar-refractivity contribution in [1.82, 2.24) is 5.32 Å². The first-order chi connectivity index (χ1) is 10.8. The zero-order chi connectivity index (χ0) is 17.5. The van der Waals surface area contributed by atoms with Gasteiger partial charge in [-0.2, -0.15) is 0 Å². The molecule has 1 N–H and O–H groups in total. The zero-order valence-corrected chi connectivity index (χ0v) is 15.2. The van der Waals surface area contributed by atoms with Gasteiger partial charge >= 0.3 is 0 Å². The fourth-order valence-electron chi connectivity index (χ4n) is 2.23. The third-order valence-corrected chi connectivity index (χ3v) is 6.08. The molecule has 1 aromatic rings. The van der Waals surface area contributed by atoms with Crippen LogP contribution in [0.4, 0.5) is 0 Å². The van der Waals surface area contributed by atoms with Crippen LogP contribution in [0, 0.1) is 0 Å². The fraction of sp³-hybridized carbons (Fsp3) is 0.588. The Kier molecular flexibility index (Phi) is 7.55. The predicted molar refractivity (Wildman–Crippen MR) is 92.5 cm³/mol. The molecule has 0 spiro atoms. The Morgan fingerprint density at radius 1 is 1.22 bits per heavy atom. The number of carbonyl (C=O) groups is 1. The smallest absolute Gasteiger partial charge is 0.238 e. The molecule has 23 heavy (non-hydrogen) atoms. The van der Waals surface area contributed by atoms with Crippen molar-refractivity contribution in [1.29, 1.82) is 0 Å². The van der Waals surface area contributed by atoms with Crippen LogP contribution in [0.5, 0.6) is 5.75 Å². The van der Waals surface area contributed by atoms with E-state index in [2.05, 4.69) is 5.32 Å². The Balaban J connectivity index is 2.49. The lowest BCUT2D eigenvalue weighted by molar-refractivity contribution is -0.121. The largest absolute Gasteiger partial charge is 0.497 e. The summed E-state index contributed by atoms with van der Waals surface area (Å²) >= 11 is 0. The molecule has 2 atom stereocenters. The van der Waals surface area contributed by atoms with Gasteiger partial charge in [-0.05, 0) is 50.8 Å². The predicted octanol–water partition coefficient (Wildman–Crippen LogP) is 2.35. The highest BCUT2D eigenvalue weighted by atomic mass is 32.2. The lowest BCUT2D eigenvalue weighted by atomic mass is 10.1. The van der Waals surface area contributed by atoms with Crippen molar-refractivity contribution in [2.45, 2.75) is 51.3 Å². The second-order valence-corrected chi connectivity index (χ2v) is 8.25. The summed E-state index contributed by atoms with van der Waals surface area (Å²) in [5.74, 6) is 0.438. The maximum Gasteiger partial charge on any atom is 0.238 e. The molecule has 0 aliphatic carbocycles. The summed E-state index contributed by atoms with van der Waals surface area (Å²) in [5, 5.41) is 1.80. The topological polar surface area (TPSA) is 72.5 Å². The monoisotopic (exact) mass is 341 g/mol. The minimum Gasteiger partial charge on any atom is -0.497 e. The van der Waals surface area contributed by atoms with Gasteiger partial charge in [-0.3, -0.25) is 4.79 Å². The molecule has 1 amide bonds. The highest BCUT2D eigenvalue weighted by molar-refractivity contribution is 7.92. The lowest BCUT2D eigenvalue weighted by Gasteiger charge is -2.18. The highest BCUT2D eigenvalue weighted by Gasteiger charge is 2.27. The molecule has 6 heteroatoms. The SMILES string of the molecule is CCCS(=O)(=O)[C@@H](C)C(=O)N[C@@H](C)CCc1ccc(OC)cc1. The second kappa shape index (κ2) is 8.91. The summed E-state index contributed by atoms with van der Waals surface area (Å²) in [6.07, 6.45) is 2.08. The van der Waals surface area contributed by atoms with Crippen LogP contribution in [0.1, 0.15) is 39.2 Å². The Morgan fingerprint density at radius 3 is 2.35 bits per heavy atom. The number of aryl methyl sites for hydroxylation is 1. The second-order valence-electron chi connectivity index (χ2n) is 5.81. The van der Waals surface area contributed by atoms with Gasteiger partial charge in [0.05, 0.1) is 12.9 Å². The number of ether oxygens (including phenoxy) is 1. The molecule has 1 rings (SSSR count). The van der Waals surface area contributed by atoms with Gasteiger partial charge in [0.15, 0.2) is 9.84 Å². The van der Waals surface area contributed by atoms with E-state index in [0.717, 1.165) is 24.2 Å². The third-order valence-electron chi connectivity index (χ3n) is 3.81. The molecule has 0 aromatic heterocycles. The van der Waals surface area contributed by atoms with Crippen molar-refractivity contribution in [2.75, 3.05) is 12.9 Å². The van der Waals surface area contributed by atoms with Crippen LogP contribution in [0.15, 0.2) is 24.3 Å². The van der Waals surface area contributed by atoms with E-state index in [1.807, 2.05) is 31.2 Å². The van der Waals surface area contributed by atoms with E-state index in [-0.39, 0.29) is 11.8 Å². The van der Waals surface area contributed by atoms with Crippen LogP contribution in [0.3, 0.4) is 0 Å². The maximum absolute atomic E-state index is 12.1. The van der Waals surface area contributed by atoms with Gasteiger partial charge < -0.3 is 10.1 Å². The highest BCUT2D eigenvalue weighted by Crippen LogP contribution is 2.13. The Morgan fingerprint density at radius 2 is 1.83 bits per heavy atom. The van der Waals surface area contributed by atoms with E-state index in [9.17, 15) is 13.2 Å². The maximum atomic E-state index is 12.1. The van der Waals surface area contributed by atoms with Gasteiger partial charge in [-0.1, -0.05) is 19.1 Å². The van der Waals surface area contributed by atoms with Crippen molar-refractivity contribution in [3.63, 3.8) is 0 Å². The van der Waals surface area contributed by atoms with E-state index in [0.29, 0.717) is 6.42 Å². The first-order valence-electron chi connectivity index (χ1n) is 7.95. The number of rotatable bonds is 9. The summed E-state index contributed by atoms with van der Waals surface area (Å²) in [5.41, 5.74) is 1.15. The summed E-state index contributed by atoms with van der Waals surface area (Å²) in [6.45, 7) is 5.14. The van der Waals surface area contributed by atoms with Gasteiger partial charge in [0.1, 0.15) is 11.0 Å². The number of benzene rings is 1. The zero-order valence-electron chi connectivity index (χ0n) is 14.3. The molecule has 5 nitrogen and oxygen atoms in total. The molecule has 0 unspecified atom stereocenters. The molecule has 0 fully saturated rings. The number of sulfone groups is 1. The summed E-state index contributed by atoms with van der Waals surface area (Å²) < 4.78 is 29.0. The molecule has 0 saturated carbocycles. The minimum absolute atomic E-state index is 0.0435. The Labute approximate surface area is 139 Å². The number of hydrogen-bond acceptors (Lipinski definition) is 4. The molecule has 0 radical (unpaired) electrons. The molecule has 130 valence electrons. The van der Waals surface area contributed by atoms with Crippen LogP contribution in [-0.2, 0) is 21.1 Å². The number of hydrogen-bond donors (Lipinski definition) is 1. The van der Waals surface area contributed by atoms with E-state index in [4.69, 9.17) is 4.74 Å². The summed E-state index contributed by atoms with van der Waals surface area (Å²) in [7, 11) is -1.73. The quantitative estimate of drug-likeness (QED) is 0.748. The van der Waals surface area contributed by atoms with Crippen molar-refractivity contribution in [3.05, 3.63) is 29.8 Å². The minimum atomic E-state index is -3.36. The molecule has 0 aliphatic rings. The van der Waals surface area contributed by atoms with Gasteiger partial charge in [0.2, 0.25) is 5.91 Å². The van der Waals surface area contributed by atoms with Crippen LogP contribution in [0.2, 0.25) is 0 Å². The van der Waals surface area contributed by atoms with Gasteiger partial charge in [0.25, 0.3) is 0 Å². The van der Waals surface area contributed by atoms with Crippen LogP contribution in [-0.4, -0.2) is 38.5 Å². The van der Waals surface area contributed by atoms with Crippen LogP contribution in [0.25, 0.3) is 0 Å². The number of methoxy groups -OCH3 is 1. The molecular weight excluding hydrogens is 314 g/mol. The Bertz CT molecular complexity index is 596. The molecule has 0 saturated heterocycles. The van der Waals surface area contributed by atoms with Crippen molar-refractivity contribution in [2.24, 2.45) is 0 Å². The van der Waals surface area contributed by atoms with Gasteiger partial charge in [0, 0.05) is 6.04 Å². The van der Waals surface area contributed by atoms with Gasteiger partial charge in [-0.15, -0.1) is 0 Å². The molecule has 1 aromatic carbocycles. The first-order valence-corrected chi connectivity index (χ1v) is 9.66. The number of carbonyl (C=O) groups excluding carboxylic acids is 1. The third kappa shape index (κ3) is 6.22. The lowest BCUT2D eigenvalue weighted by Crippen LogP contribution is -2.43. The van der Waals surface area contributed by atoms with Crippen molar-refractivity contribution < 1.29 is 17.9 Å². The molecule has 0 heterocycles. The average Bonchev–Trinajstić information content (AvgIpc) is 2.52. The van der Waals surface area contributed by atoms with E-state index >= 15 is 0 Å². The van der Waals surface area contributed by atoms with Crippen LogP contribution < -0.4 is 10.1 Å². The summed E-state index contributed by atoms with van der Waals surface area (Å²) in [4.78, 5) is 12.1. The fourth-order valence-corrected chi connectivity index (χ4v) is 3.55. The normalized spacial score (nSPS) is 14.1. The van der Waals surface area contributed by atoms with E-state index in [1.54, 1.807) is 14.0 Å². The average molecular weight is 341 g/mol. The van der Waals surface area contributed by atoms with Crippen LogP contribution >= 0.6 is 0 Å².